The normalized spacial score (nSPS) is 19.6. The van der Waals surface area contributed by atoms with E-state index < -0.39 is 23.3 Å². The van der Waals surface area contributed by atoms with E-state index in [-0.39, 0.29) is 4.88 Å². The van der Waals surface area contributed by atoms with Crippen molar-refractivity contribution >= 4 is 45.0 Å². The summed E-state index contributed by atoms with van der Waals surface area (Å²) >= 11 is 1.17. The second kappa shape index (κ2) is 9.76. The number of rotatable bonds is 5. The van der Waals surface area contributed by atoms with E-state index in [2.05, 4.69) is 10.3 Å². The molecule has 7 N–H and O–H groups in total. The Balaban J connectivity index is 1.46. The summed E-state index contributed by atoms with van der Waals surface area (Å²) in [5.41, 5.74) is 21.5. The predicted molar refractivity (Wildman–Crippen MR) is 155 cm³/mol. The average Bonchev–Trinajstić information content (AvgIpc) is 3.18. The lowest BCUT2D eigenvalue weighted by atomic mass is 9.69. The number of para-hydroxylation sites is 1. The largest absolute Gasteiger partial charge is 0.469 e. The number of anilines is 1. The lowest BCUT2D eigenvalue weighted by molar-refractivity contribution is -0.124. The van der Waals surface area contributed by atoms with Crippen LogP contribution in [0, 0.1) is 6.92 Å². The van der Waals surface area contributed by atoms with Gasteiger partial charge in [0.1, 0.15) is 29.6 Å². The molecule has 0 spiro atoms. The molecule has 0 saturated carbocycles. The average molecular weight is 552 g/mol. The third-order valence-corrected chi connectivity index (χ3v) is 8.27. The van der Waals surface area contributed by atoms with Crippen LogP contribution in [0.1, 0.15) is 38.0 Å². The van der Waals surface area contributed by atoms with Crippen LogP contribution >= 0.6 is 11.3 Å². The first-order chi connectivity index (χ1) is 19.3. The van der Waals surface area contributed by atoms with Gasteiger partial charge in [-0.15, -0.1) is 11.3 Å². The smallest absolute Gasteiger partial charge is 0.266 e. The van der Waals surface area contributed by atoms with Crippen molar-refractivity contribution in [3.05, 3.63) is 112 Å². The Morgan fingerprint density at radius 2 is 1.88 bits per heavy atom. The lowest BCUT2D eigenvalue weighted by Gasteiger charge is -2.37. The number of carbonyl (C=O) groups excluding carboxylic acids is 2. The summed E-state index contributed by atoms with van der Waals surface area (Å²) in [6, 6.07) is 17.1. The van der Waals surface area contributed by atoms with Crippen LogP contribution in [0.15, 0.2) is 90.1 Å². The van der Waals surface area contributed by atoms with Crippen LogP contribution < -0.4 is 27.3 Å². The van der Waals surface area contributed by atoms with Crippen molar-refractivity contribution in [3.8, 4) is 11.5 Å². The first kappa shape index (κ1) is 25.5. The lowest BCUT2D eigenvalue weighted by Crippen LogP contribution is -2.53. The number of Topliss-reactive ketones (excluding diaryl/α,β-unsaturated/α-hetero) is 1. The molecular formula is C30H25N5O4S. The van der Waals surface area contributed by atoms with Crippen LogP contribution in [0.4, 0.5) is 5.69 Å². The van der Waals surface area contributed by atoms with Gasteiger partial charge >= 0.3 is 0 Å². The van der Waals surface area contributed by atoms with Gasteiger partial charge in [-0.3, -0.25) is 14.6 Å². The Morgan fingerprint density at radius 3 is 2.65 bits per heavy atom. The summed E-state index contributed by atoms with van der Waals surface area (Å²) in [6.07, 6.45) is 5.63. The molecule has 4 aromatic rings. The fraction of sp³-hybridized carbons (Fsp3) is 0.100. The summed E-state index contributed by atoms with van der Waals surface area (Å²) in [5.74, 6) is 0.407. The maximum absolute atomic E-state index is 14.1. The van der Waals surface area contributed by atoms with E-state index in [1.807, 2.05) is 43.3 Å². The number of nitrogens with one attached hydrogen (secondary N) is 1. The topological polar surface area (TPSA) is 155 Å². The zero-order valence-corrected chi connectivity index (χ0v) is 22.2. The van der Waals surface area contributed by atoms with E-state index in [0.29, 0.717) is 49.7 Å². The number of allylic oxidation sites excluding steroid dienone is 1. The first-order valence-corrected chi connectivity index (χ1v) is 13.2. The molecule has 9 nitrogen and oxygen atoms in total. The SMILES string of the molecule is Cc1cc(Oc2ccccc2)ccc1C1(N)C(=O)C(N)c2c(C(=O)NC3=COC=CN=C3)sc3c(N)ccc1c23. The minimum Gasteiger partial charge on any atom is -0.469 e. The van der Waals surface area contributed by atoms with E-state index in [1.165, 1.54) is 36.3 Å². The maximum Gasteiger partial charge on any atom is 0.266 e. The van der Waals surface area contributed by atoms with E-state index in [0.717, 1.165) is 5.56 Å². The van der Waals surface area contributed by atoms with Crippen molar-refractivity contribution in [1.82, 2.24) is 5.32 Å². The van der Waals surface area contributed by atoms with Crippen molar-refractivity contribution in [1.29, 1.82) is 0 Å². The van der Waals surface area contributed by atoms with Gasteiger partial charge in [0, 0.05) is 16.6 Å². The quantitative estimate of drug-likeness (QED) is 0.266. The number of ketones is 1. The van der Waals surface area contributed by atoms with E-state index >= 15 is 0 Å². The molecule has 1 amide bonds. The molecule has 0 radical (unpaired) electrons. The molecule has 2 heterocycles. The number of aryl methyl sites for hydroxylation is 1. The van der Waals surface area contributed by atoms with Crippen molar-refractivity contribution in [2.45, 2.75) is 18.5 Å². The standard InChI is InChI=1S/C30H25N5O4S/c1-16-13-19(39-18-5-3-2-4-6-18)7-8-20(16)30(33)21-9-10-22(31)26-23(21)24(25(32)28(30)36)27(40-26)29(37)35-17-14-34-11-12-38-15-17/h2-15,25H,31-33H2,1H3,(H,35,37). The monoisotopic (exact) mass is 551 g/mol. The van der Waals surface area contributed by atoms with Gasteiger partial charge in [-0.1, -0.05) is 30.3 Å². The number of amides is 1. The highest BCUT2D eigenvalue weighted by molar-refractivity contribution is 7.21. The first-order valence-electron chi connectivity index (χ1n) is 12.4. The molecule has 1 aliphatic carbocycles. The van der Waals surface area contributed by atoms with Crippen LogP contribution in [0.3, 0.4) is 0 Å². The number of hydrogen-bond donors (Lipinski definition) is 4. The number of nitrogens with zero attached hydrogens (tertiary/aromatic N) is 1. The van der Waals surface area contributed by atoms with E-state index in [1.54, 1.807) is 24.3 Å². The number of aliphatic imine (C=N–C) groups is 1. The molecule has 2 atom stereocenters. The molecule has 2 aliphatic rings. The molecule has 0 fully saturated rings. The van der Waals surface area contributed by atoms with Crippen LogP contribution in [-0.2, 0) is 15.1 Å². The summed E-state index contributed by atoms with van der Waals surface area (Å²) < 4.78 is 11.8. The second-order valence-electron chi connectivity index (χ2n) is 9.52. The zero-order valence-electron chi connectivity index (χ0n) is 21.4. The second-order valence-corrected chi connectivity index (χ2v) is 10.5. The highest BCUT2D eigenvalue weighted by Gasteiger charge is 2.49. The molecule has 2 unspecified atom stereocenters. The molecule has 3 aromatic carbocycles. The van der Waals surface area contributed by atoms with Crippen molar-refractivity contribution < 1.29 is 19.1 Å². The highest BCUT2D eigenvalue weighted by Crippen LogP contribution is 2.50. The van der Waals surface area contributed by atoms with E-state index in [4.69, 9.17) is 26.7 Å². The number of carbonyl (C=O) groups is 2. The van der Waals surface area contributed by atoms with Crippen LogP contribution in [0.5, 0.6) is 11.5 Å². The molecule has 0 saturated heterocycles. The van der Waals surface area contributed by atoms with Gasteiger partial charge in [0.25, 0.3) is 5.91 Å². The molecule has 1 aromatic heterocycles. The minimum atomic E-state index is -1.57. The fourth-order valence-electron chi connectivity index (χ4n) is 5.18. The summed E-state index contributed by atoms with van der Waals surface area (Å²) in [4.78, 5) is 31.8. The Kier molecular flexibility index (Phi) is 6.22. The Labute approximate surface area is 233 Å². The van der Waals surface area contributed by atoms with Crippen molar-refractivity contribution in [2.75, 3.05) is 5.73 Å². The van der Waals surface area contributed by atoms with E-state index in [9.17, 15) is 9.59 Å². The van der Waals surface area contributed by atoms with Gasteiger partial charge in [-0.2, -0.15) is 0 Å². The van der Waals surface area contributed by atoms with Gasteiger partial charge < -0.3 is 32.0 Å². The van der Waals surface area contributed by atoms with Crippen molar-refractivity contribution in [2.24, 2.45) is 16.5 Å². The number of hydrogen-bond acceptors (Lipinski definition) is 9. The fourth-order valence-corrected chi connectivity index (χ4v) is 6.38. The highest BCUT2D eigenvalue weighted by atomic mass is 32.1. The Hall–Kier alpha value is -4.77. The molecular weight excluding hydrogens is 526 g/mol. The maximum atomic E-state index is 14.1. The summed E-state index contributed by atoms with van der Waals surface area (Å²) in [7, 11) is 0. The van der Waals surface area contributed by atoms with Gasteiger partial charge in [-0.05, 0) is 53.9 Å². The Bertz CT molecular complexity index is 1780. The predicted octanol–water partition coefficient (Wildman–Crippen LogP) is 4.51. The molecule has 0 bridgehead atoms. The van der Waals surface area contributed by atoms with Gasteiger partial charge in [0.15, 0.2) is 5.78 Å². The molecule has 40 heavy (non-hydrogen) atoms. The number of nitrogen functional groups attached to an aromatic ring is 1. The zero-order chi connectivity index (χ0) is 28.0. The molecule has 1 aliphatic heterocycles. The van der Waals surface area contributed by atoms with Crippen molar-refractivity contribution in [3.63, 3.8) is 0 Å². The minimum absolute atomic E-state index is 0.270. The molecule has 6 rings (SSSR count). The molecule has 200 valence electrons. The van der Waals surface area contributed by atoms with Crippen LogP contribution in [0.25, 0.3) is 10.1 Å². The van der Waals surface area contributed by atoms with Crippen LogP contribution in [-0.4, -0.2) is 17.9 Å². The number of benzene rings is 3. The summed E-state index contributed by atoms with van der Waals surface area (Å²) in [5, 5.41) is 3.38. The number of ether oxygens (including phenoxy) is 2. The Morgan fingerprint density at radius 1 is 1.10 bits per heavy atom. The number of thiophene rings is 1. The van der Waals surface area contributed by atoms with Gasteiger partial charge in [-0.25, -0.2) is 0 Å². The van der Waals surface area contributed by atoms with Gasteiger partial charge in [0.05, 0.1) is 33.7 Å². The molecule has 10 heteroatoms. The van der Waals surface area contributed by atoms with Crippen LogP contribution in [0.2, 0.25) is 0 Å². The summed E-state index contributed by atoms with van der Waals surface area (Å²) in [6.45, 7) is 1.87. The third kappa shape index (κ3) is 4.06. The van der Waals surface area contributed by atoms with Gasteiger partial charge in [0.2, 0.25) is 0 Å². The third-order valence-electron chi connectivity index (χ3n) is 7.01. The number of nitrogens with two attached hydrogens (primary N) is 3.